The number of amides is 4. The number of imide groups is 2. The first-order chi connectivity index (χ1) is 24.3. The highest BCUT2D eigenvalue weighted by Crippen LogP contribution is 2.66. The van der Waals surface area contributed by atoms with Gasteiger partial charge in [-0.3, -0.25) is 29.0 Å². The highest BCUT2D eigenvalue weighted by molar-refractivity contribution is 6.58. The second-order valence-electron chi connectivity index (χ2n) is 14.8. The molecule has 8 rings (SSSR count). The minimum absolute atomic E-state index is 0.0911. The number of anilines is 1. The van der Waals surface area contributed by atoms with Gasteiger partial charge in [-0.1, -0.05) is 54.1 Å². The number of phenols is 1. The number of fused-ring (bicyclic) bond motifs is 4. The van der Waals surface area contributed by atoms with E-state index in [9.17, 15) is 28.7 Å². The number of hydrogen-bond donors (Lipinski definition) is 1. The Balaban J connectivity index is 1.16. The number of rotatable bonds is 5. The van der Waals surface area contributed by atoms with Crippen LogP contribution in [-0.2, 0) is 25.7 Å². The van der Waals surface area contributed by atoms with Crippen LogP contribution in [0, 0.1) is 37.4 Å². The number of carbonyl (C=O) groups is 4. The number of alkyl halides is 2. The Morgan fingerprint density at radius 3 is 2.16 bits per heavy atom. The van der Waals surface area contributed by atoms with Gasteiger partial charge in [0.05, 0.1) is 17.5 Å². The molecule has 0 bridgehead atoms. The van der Waals surface area contributed by atoms with Crippen molar-refractivity contribution in [3.8, 4) is 5.75 Å². The molecule has 1 N–H and O–H groups in total. The SMILES string of the molecule is Cc1cc([C@H]2C3=CC[C@@H]4C(=O)N(C5CCN(Cc6ccccc6)CC5)C(=O)[C@@H]4[C@@H]3C[C@@]3(Cl)C(=O)N(c4ccc(F)cc4)C(=O)[C@@]23Cl)cc(C)c1O. The third-order valence-electron chi connectivity index (χ3n) is 11.9. The molecule has 0 spiro atoms. The molecule has 4 amide bonds. The summed E-state index contributed by atoms with van der Waals surface area (Å²) in [5, 5.41) is 10.7. The van der Waals surface area contributed by atoms with Crippen molar-refractivity contribution < 1.29 is 28.7 Å². The maximum absolute atomic E-state index is 14.6. The lowest BCUT2D eigenvalue weighted by molar-refractivity contribution is -0.144. The fourth-order valence-corrected chi connectivity index (χ4v) is 10.4. The van der Waals surface area contributed by atoms with Crippen molar-refractivity contribution in [2.24, 2.45) is 17.8 Å². The molecule has 5 aliphatic rings. The highest BCUT2D eigenvalue weighted by Gasteiger charge is 2.76. The summed E-state index contributed by atoms with van der Waals surface area (Å²) in [4.78, 5) is 58.5. The molecular formula is C40H38Cl2FN3O5. The van der Waals surface area contributed by atoms with Crippen LogP contribution < -0.4 is 4.90 Å². The van der Waals surface area contributed by atoms with Crippen LogP contribution in [0.2, 0.25) is 0 Å². The van der Waals surface area contributed by atoms with E-state index in [0.29, 0.717) is 35.1 Å². The van der Waals surface area contributed by atoms with Crippen molar-refractivity contribution in [3.05, 3.63) is 106 Å². The Morgan fingerprint density at radius 1 is 0.863 bits per heavy atom. The van der Waals surface area contributed by atoms with Gasteiger partial charge in [0.1, 0.15) is 11.6 Å². The number of halogens is 3. The van der Waals surface area contributed by atoms with Gasteiger partial charge in [0.2, 0.25) is 11.8 Å². The summed E-state index contributed by atoms with van der Waals surface area (Å²) in [7, 11) is 0. The van der Waals surface area contributed by atoms with Crippen molar-refractivity contribution in [1.29, 1.82) is 0 Å². The van der Waals surface area contributed by atoms with Gasteiger partial charge in [-0.25, -0.2) is 9.29 Å². The zero-order valence-electron chi connectivity index (χ0n) is 28.3. The first-order valence-corrected chi connectivity index (χ1v) is 18.3. The lowest BCUT2D eigenvalue weighted by Crippen LogP contribution is -2.60. The van der Waals surface area contributed by atoms with Crippen molar-refractivity contribution >= 4 is 52.5 Å². The summed E-state index contributed by atoms with van der Waals surface area (Å²) in [6.45, 7) is 5.76. The molecule has 0 unspecified atom stereocenters. The van der Waals surface area contributed by atoms with E-state index in [1.54, 1.807) is 26.0 Å². The van der Waals surface area contributed by atoms with Gasteiger partial charge in [-0.15, -0.1) is 23.2 Å². The molecule has 3 heterocycles. The van der Waals surface area contributed by atoms with E-state index in [1.807, 2.05) is 24.3 Å². The molecule has 51 heavy (non-hydrogen) atoms. The summed E-state index contributed by atoms with van der Waals surface area (Å²) in [6, 6.07) is 18.4. The van der Waals surface area contributed by atoms with Crippen LogP contribution in [0.3, 0.4) is 0 Å². The van der Waals surface area contributed by atoms with Gasteiger partial charge in [-0.2, -0.15) is 0 Å². The van der Waals surface area contributed by atoms with Gasteiger partial charge >= 0.3 is 0 Å². The van der Waals surface area contributed by atoms with Crippen LogP contribution in [0.25, 0.3) is 0 Å². The van der Waals surface area contributed by atoms with Crippen LogP contribution >= 0.6 is 23.2 Å². The number of hydrogen-bond acceptors (Lipinski definition) is 6. The zero-order valence-corrected chi connectivity index (χ0v) is 29.8. The summed E-state index contributed by atoms with van der Waals surface area (Å²) >= 11 is 15.0. The van der Waals surface area contributed by atoms with Crippen LogP contribution in [-0.4, -0.2) is 67.4 Å². The molecule has 1 saturated carbocycles. The monoisotopic (exact) mass is 729 g/mol. The molecule has 11 heteroatoms. The molecule has 0 aromatic heterocycles. The van der Waals surface area contributed by atoms with Crippen molar-refractivity contribution in [1.82, 2.24) is 9.80 Å². The topological polar surface area (TPSA) is 98.2 Å². The molecule has 264 valence electrons. The van der Waals surface area contributed by atoms with Gasteiger partial charge < -0.3 is 5.11 Å². The van der Waals surface area contributed by atoms with E-state index in [0.717, 1.165) is 36.7 Å². The molecule has 6 atom stereocenters. The Morgan fingerprint density at radius 2 is 1.51 bits per heavy atom. The number of phenolic OH excluding ortho intramolecular Hbond substituents is 1. The molecule has 2 aliphatic carbocycles. The molecule has 0 radical (unpaired) electrons. The number of likely N-dealkylation sites (tertiary alicyclic amines) is 2. The number of nitrogens with zero attached hydrogens (tertiary/aromatic N) is 3. The second kappa shape index (κ2) is 12.3. The smallest absolute Gasteiger partial charge is 0.258 e. The van der Waals surface area contributed by atoms with E-state index in [-0.39, 0.29) is 42.1 Å². The number of aromatic hydroxyl groups is 1. The molecule has 3 aliphatic heterocycles. The lowest BCUT2D eigenvalue weighted by Gasteiger charge is -2.51. The maximum atomic E-state index is 14.6. The van der Waals surface area contributed by atoms with Crippen LogP contribution in [0.5, 0.6) is 5.75 Å². The first kappa shape index (κ1) is 34.1. The Bertz CT molecular complexity index is 1980. The predicted octanol–water partition coefficient (Wildman–Crippen LogP) is 6.38. The van der Waals surface area contributed by atoms with E-state index < -0.39 is 51.1 Å². The van der Waals surface area contributed by atoms with Gasteiger partial charge in [-0.05, 0) is 92.0 Å². The minimum Gasteiger partial charge on any atom is -0.507 e. The average molecular weight is 731 g/mol. The lowest BCUT2D eigenvalue weighted by atomic mass is 9.56. The van der Waals surface area contributed by atoms with Gasteiger partial charge in [0.25, 0.3) is 11.8 Å². The predicted molar refractivity (Wildman–Crippen MR) is 191 cm³/mol. The van der Waals surface area contributed by atoms with Crippen LogP contribution in [0.15, 0.2) is 78.4 Å². The Kier molecular flexibility index (Phi) is 8.20. The fraction of sp³-hybridized carbons (Fsp3) is 0.400. The summed E-state index contributed by atoms with van der Waals surface area (Å²) in [6.07, 6.45) is 3.38. The molecule has 3 saturated heterocycles. The quantitative estimate of drug-likeness (QED) is 0.186. The Labute approximate surface area is 305 Å². The third-order valence-corrected chi connectivity index (χ3v) is 13.4. The standard InChI is InChI=1S/C40H38Cl2FN3O5/c1-22-18-25(19-23(2)34(22)47)33-29-12-13-30-32(36(49)45(35(30)48)28-14-16-44(17-15-28)21-24-6-4-3-5-7-24)31(29)20-39(41)37(50)46(38(51)40(33,39)42)27-10-8-26(43)9-11-27/h3-12,18-19,28,30-33,47H,13-17,20-21H2,1-2H3/t30-,31+,32-,33-,39+,40-/m0/s1. The minimum atomic E-state index is -2.03. The van der Waals surface area contributed by atoms with E-state index in [2.05, 4.69) is 17.0 Å². The van der Waals surface area contributed by atoms with Crippen LogP contribution in [0.1, 0.15) is 53.9 Å². The van der Waals surface area contributed by atoms with E-state index >= 15 is 0 Å². The number of aryl methyl sites for hydroxylation is 2. The summed E-state index contributed by atoms with van der Waals surface area (Å²) in [5.74, 6) is -5.45. The Hall–Kier alpha value is -4.05. The fourth-order valence-electron chi connectivity index (χ4n) is 9.49. The van der Waals surface area contributed by atoms with Crippen LogP contribution in [0.4, 0.5) is 10.1 Å². The number of piperidine rings is 1. The number of benzene rings is 3. The normalized spacial score (nSPS) is 31.1. The molecule has 4 fully saturated rings. The van der Waals surface area contributed by atoms with Crippen molar-refractivity contribution in [2.45, 2.75) is 67.8 Å². The summed E-state index contributed by atoms with van der Waals surface area (Å²) < 4.78 is 13.9. The summed E-state index contributed by atoms with van der Waals surface area (Å²) in [5.41, 5.74) is 3.69. The van der Waals surface area contributed by atoms with Gasteiger partial charge in [0.15, 0.2) is 9.75 Å². The first-order valence-electron chi connectivity index (χ1n) is 17.5. The largest absolute Gasteiger partial charge is 0.507 e. The third kappa shape index (κ3) is 5.02. The molecule has 3 aromatic rings. The van der Waals surface area contributed by atoms with Gasteiger partial charge in [0, 0.05) is 31.6 Å². The maximum Gasteiger partial charge on any atom is 0.258 e. The average Bonchev–Trinajstić information content (AvgIpc) is 3.45. The van der Waals surface area contributed by atoms with Crippen molar-refractivity contribution in [2.75, 3.05) is 18.0 Å². The molecule has 8 nitrogen and oxygen atoms in total. The highest BCUT2D eigenvalue weighted by atomic mass is 35.5. The number of carbonyl (C=O) groups excluding carboxylic acids is 4. The van der Waals surface area contributed by atoms with Crippen molar-refractivity contribution in [3.63, 3.8) is 0 Å². The number of allylic oxidation sites excluding steroid dienone is 2. The van der Waals surface area contributed by atoms with E-state index in [4.69, 9.17) is 23.2 Å². The zero-order chi connectivity index (χ0) is 36.0. The molecule has 3 aromatic carbocycles. The molecular weight excluding hydrogens is 692 g/mol. The van der Waals surface area contributed by atoms with E-state index in [1.165, 1.54) is 22.6 Å². The second-order valence-corrected chi connectivity index (χ2v) is 16.0.